The molecule has 160 valence electrons. The molecule has 0 fully saturated rings. The van der Waals surface area contributed by atoms with E-state index in [0.717, 1.165) is 52.8 Å². The summed E-state index contributed by atoms with van der Waals surface area (Å²) in [6, 6.07) is 14.1. The monoisotopic (exact) mass is 409 g/mol. The molecular formula is C23H31N5O2. The van der Waals surface area contributed by atoms with Crippen molar-refractivity contribution < 1.29 is 9.47 Å². The minimum absolute atomic E-state index is 0.0530. The van der Waals surface area contributed by atoms with Gasteiger partial charge in [0.15, 0.2) is 17.5 Å². The average molecular weight is 410 g/mol. The molecule has 3 rings (SSSR count). The number of ether oxygens (including phenoxy) is 2. The number of aromatic nitrogens is 2. The second-order valence-electron chi connectivity index (χ2n) is 6.89. The molecule has 0 bridgehead atoms. The molecule has 0 radical (unpaired) electrons. The van der Waals surface area contributed by atoms with Crippen molar-refractivity contribution in [3.63, 3.8) is 0 Å². The summed E-state index contributed by atoms with van der Waals surface area (Å²) >= 11 is 0. The lowest BCUT2D eigenvalue weighted by atomic mass is 10.1. The fraction of sp³-hybridized carbons (Fsp3) is 0.391. The molecule has 0 aliphatic rings. The average Bonchev–Trinajstić information content (AvgIpc) is 3.17. The van der Waals surface area contributed by atoms with Crippen LogP contribution in [0.4, 0.5) is 0 Å². The number of benzene rings is 2. The summed E-state index contributed by atoms with van der Waals surface area (Å²) in [4.78, 5) is 12.3. The molecule has 1 atom stereocenters. The molecule has 7 nitrogen and oxygen atoms in total. The Labute approximate surface area is 177 Å². The molecule has 0 aliphatic carbocycles. The summed E-state index contributed by atoms with van der Waals surface area (Å²) in [6.45, 7) is 7.95. The van der Waals surface area contributed by atoms with Crippen LogP contribution in [0.25, 0.3) is 11.0 Å². The van der Waals surface area contributed by atoms with E-state index in [2.05, 4.69) is 32.5 Å². The number of nitrogens with one attached hydrogen (secondary N) is 3. The molecule has 0 amide bonds. The third-order valence-electron chi connectivity index (χ3n) is 4.74. The quantitative estimate of drug-likeness (QED) is 0.370. The zero-order valence-corrected chi connectivity index (χ0v) is 18.2. The van der Waals surface area contributed by atoms with Crippen molar-refractivity contribution in [2.24, 2.45) is 4.99 Å². The molecule has 7 heteroatoms. The third-order valence-corrected chi connectivity index (χ3v) is 4.74. The van der Waals surface area contributed by atoms with Gasteiger partial charge in [0.1, 0.15) is 5.82 Å². The molecule has 1 heterocycles. The Balaban J connectivity index is 1.57. The van der Waals surface area contributed by atoms with E-state index in [1.54, 1.807) is 7.05 Å². The van der Waals surface area contributed by atoms with Crippen LogP contribution in [0.1, 0.15) is 38.2 Å². The molecule has 0 aliphatic heterocycles. The van der Waals surface area contributed by atoms with Crippen LogP contribution in [0.2, 0.25) is 0 Å². The first-order chi connectivity index (χ1) is 14.6. The predicted octanol–water partition coefficient (Wildman–Crippen LogP) is 3.83. The van der Waals surface area contributed by atoms with Gasteiger partial charge in [0.05, 0.1) is 30.3 Å². The first-order valence-electron chi connectivity index (χ1n) is 10.4. The van der Waals surface area contributed by atoms with Gasteiger partial charge in [-0.2, -0.15) is 0 Å². The normalized spacial score (nSPS) is 12.6. The molecule has 3 N–H and O–H groups in total. The van der Waals surface area contributed by atoms with Gasteiger partial charge in [-0.1, -0.05) is 18.2 Å². The van der Waals surface area contributed by atoms with Crippen LogP contribution in [0.15, 0.2) is 47.5 Å². The number of H-pyrrole nitrogens is 1. The summed E-state index contributed by atoms with van der Waals surface area (Å²) in [5.74, 6) is 3.23. The van der Waals surface area contributed by atoms with Crippen LogP contribution in [0.3, 0.4) is 0 Å². The first kappa shape index (κ1) is 21.5. The summed E-state index contributed by atoms with van der Waals surface area (Å²) < 4.78 is 11.4. The second kappa shape index (κ2) is 10.5. The van der Waals surface area contributed by atoms with Gasteiger partial charge < -0.3 is 25.1 Å². The molecule has 1 aromatic heterocycles. The second-order valence-corrected chi connectivity index (χ2v) is 6.89. The fourth-order valence-electron chi connectivity index (χ4n) is 3.24. The SMILES string of the molecule is CCOc1ccc(C(C)NC(=NC)NCCc2nc3ccccc3[nH]2)cc1OCC. The maximum Gasteiger partial charge on any atom is 0.191 e. The summed E-state index contributed by atoms with van der Waals surface area (Å²) in [6.07, 6.45) is 0.779. The number of fused-ring (bicyclic) bond motifs is 1. The van der Waals surface area contributed by atoms with Crippen LogP contribution >= 0.6 is 0 Å². The highest BCUT2D eigenvalue weighted by Crippen LogP contribution is 2.30. The largest absolute Gasteiger partial charge is 0.490 e. The third kappa shape index (κ3) is 5.43. The first-order valence-corrected chi connectivity index (χ1v) is 10.4. The van der Waals surface area contributed by atoms with Crippen molar-refractivity contribution in [1.29, 1.82) is 0 Å². The van der Waals surface area contributed by atoms with E-state index in [1.165, 1.54) is 0 Å². The number of aromatic amines is 1. The van der Waals surface area contributed by atoms with E-state index in [-0.39, 0.29) is 6.04 Å². The van der Waals surface area contributed by atoms with Crippen LogP contribution in [-0.4, -0.2) is 42.7 Å². The lowest BCUT2D eigenvalue weighted by Gasteiger charge is -2.20. The van der Waals surface area contributed by atoms with E-state index in [0.29, 0.717) is 13.2 Å². The lowest BCUT2D eigenvalue weighted by Crippen LogP contribution is -2.39. The van der Waals surface area contributed by atoms with Crippen molar-refractivity contribution in [1.82, 2.24) is 20.6 Å². The van der Waals surface area contributed by atoms with E-state index >= 15 is 0 Å². The Morgan fingerprint density at radius 3 is 2.60 bits per heavy atom. The minimum Gasteiger partial charge on any atom is -0.490 e. The zero-order chi connectivity index (χ0) is 21.3. The van der Waals surface area contributed by atoms with Gasteiger partial charge >= 0.3 is 0 Å². The molecule has 30 heavy (non-hydrogen) atoms. The number of imidazole rings is 1. The van der Waals surface area contributed by atoms with E-state index in [1.807, 2.05) is 56.3 Å². The highest BCUT2D eigenvalue weighted by atomic mass is 16.5. The standard InChI is InChI=1S/C23H31N5O2/c1-5-29-20-12-11-17(15-21(20)30-6-2)16(3)26-23(24-4)25-14-13-22-27-18-9-7-8-10-19(18)28-22/h7-12,15-16H,5-6,13-14H2,1-4H3,(H,27,28)(H2,24,25,26). The number of hydrogen-bond acceptors (Lipinski definition) is 4. The van der Waals surface area contributed by atoms with Crippen LogP contribution < -0.4 is 20.1 Å². The minimum atomic E-state index is 0.0530. The number of nitrogens with zero attached hydrogens (tertiary/aromatic N) is 2. The Hall–Kier alpha value is -3.22. The van der Waals surface area contributed by atoms with E-state index < -0.39 is 0 Å². The number of guanidine groups is 1. The molecule has 0 saturated carbocycles. The maximum atomic E-state index is 5.74. The van der Waals surface area contributed by atoms with Crippen LogP contribution in [-0.2, 0) is 6.42 Å². The van der Waals surface area contributed by atoms with Crippen molar-refractivity contribution in [3.05, 3.63) is 53.9 Å². The summed E-state index contributed by atoms with van der Waals surface area (Å²) in [7, 11) is 1.77. The molecular weight excluding hydrogens is 378 g/mol. The van der Waals surface area contributed by atoms with Gasteiger partial charge in [-0.15, -0.1) is 0 Å². The molecule has 0 spiro atoms. The van der Waals surface area contributed by atoms with Crippen molar-refractivity contribution in [2.45, 2.75) is 33.2 Å². The Kier molecular flexibility index (Phi) is 7.54. The molecule has 0 saturated heterocycles. The number of para-hydroxylation sites is 2. The van der Waals surface area contributed by atoms with Gasteiger partial charge in [0.2, 0.25) is 0 Å². The number of rotatable bonds is 9. The lowest BCUT2D eigenvalue weighted by molar-refractivity contribution is 0.287. The van der Waals surface area contributed by atoms with Crippen molar-refractivity contribution in [3.8, 4) is 11.5 Å². The van der Waals surface area contributed by atoms with Crippen LogP contribution in [0, 0.1) is 0 Å². The van der Waals surface area contributed by atoms with Gasteiger partial charge in [0.25, 0.3) is 0 Å². The Morgan fingerprint density at radius 1 is 1.10 bits per heavy atom. The predicted molar refractivity (Wildman–Crippen MR) is 121 cm³/mol. The summed E-state index contributed by atoms with van der Waals surface area (Å²) in [5, 5.41) is 6.79. The van der Waals surface area contributed by atoms with Gasteiger partial charge in [0, 0.05) is 20.0 Å². The topological polar surface area (TPSA) is 83.6 Å². The van der Waals surface area contributed by atoms with E-state index in [4.69, 9.17) is 9.47 Å². The van der Waals surface area contributed by atoms with Gasteiger partial charge in [-0.25, -0.2) is 4.98 Å². The fourth-order valence-corrected chi connectivity index (χ4v) is 3.24. The van der Waals surface area contributed by atoms with Gasteiger partial charge in [-0.3, -0.25) is 4.99 Å². The summed E-state index contributed by atoms with van der Waals surface area (Å²) in [5.41, 5.74) is 3.15. The van der Waals surface area contributed by atoms with Gasteiger partial charge in [-0.05, 0) is 50.6 Å². The molecule has 3 aromatic rings. The Morgan fingerprint density at radius 2 is 1.87 bits per heavy atom. The number of aliphatic imine (C=N–C) groups is 1. The number of hydrogen-bond donors (Lipinski definition) is 3. The Bertz CT molecular complexity index is 950. The van der Waals surface area contributed by atoms with Crippen molar-refractivity contribution in [2.75, 3.05) is 26.8 Å². The molecule has 2 aromatic carbocycles. The zero-order valence-electron chi connectivity index (χ0n) is 18.2. The highest BCUT2D eigenvalue weighted by molar-refractivity contribution is 5.80. The molecule has 1 unspecified atom stereocenters. The van der Waals surface area contributed by atoms with Crippen LogP contribution in [0.5, 0.6) is 11.5 Å². The van der Waals surface area contributed by atoms with Crippen molar-refractivity contribution >= 4 is 17.0 Å². The van der Waals surface area contributed by atoms with E-state index in [9.17, 15) is 0 Å². The smallest absolute Gasteiger partial charge is 0.191 e. The maximum absolute atomic E-state index is 5.74. The highest BCUT2D eigenvalue weighted by Gasteiger charge is 2.12.